The molecule has 1 aliphatic rings. The number of thioether (sulfide) groups is 1. The zero-order valence-electron chi connectivity index (χ0n) is 63.5. The summed E-state index contributed by atoms with van der Waals surface area (Å²) in [6.07, 6.45) is 3.22. The van der Waals surface area contributed by atoms with E-state index in [4.69, 9.17) is 22.6 Å². The molecule has 1 aliphatic heterocycles. The Morgan fingerprint density at radius 2 is 1.01 bits per heavy atom. The third kappa shape index (κ3) is 26.9. The first-order valence-corrected chi connectivity index (χ1v) is 38.7. The number of rotatable bonds is 23. The molecule has 7 rings (SSSR count). The van der Waals surface area contributed by atoms with Gasteiger partial charge in [0.1, 0.15) is 60.4 Å². The lowest BCUT2D eigenvalue weighted by Gasteiger charge is -2.29. The van der Waals surface area contributed by atoms with Gasteiger partial charge in [-0.3, -0.25) is 72.5 Å². The van der Waals surface area contributed by atoms with Crippen LogP contribution in [-0.2, 0) is 86.4 Å². The molecule has 112 heavy (non-hydrogen) atoms. The minimum Gasteiger partial charge on any atom is -0.481 e. The molecule has 4 aromatic carbocycles. The van der Waals surface area contributed by atoms with E-state index in [0.29, 0.717) is 64.2 Å². The maximum atomic E-state index is 15.1. The number of carbonyl (C=O) groups is 14. The number of hydrogen-bond donors (Lipinski definition) is 20. The van der Waals surface area contributed by atoms with Crippen LogP contribution >= 0.6 is 11.8 Å². The van der Waals surface area contributed by atoms with E-state index >= 15 is 14.4 Å². The molecule has 0 saturated carbocycles. The Hall–Kier alpha value is -11.6. The molecule has 1 saturated heterocycles. The number of amides is 13. The molecule has 3 heterocycles. The molecular weight excluding hydrogens is 1460 g/mol. The van der Waals surface area contributed by atoms with Gasteiger partial charge in [0.05, 0.1) is 25.3 Å². The van der Waals surface area contributed by atoms with Gasteiger partial charge in [-0.25, -0.2) is 0 Å². The van der Waals surface area contributed by atoms with Crippen molar-refractivity contribution >= 4 is 133 Å². The molecule has 11 atom stereocenters. The van der Waals surface area contributed by atoms with Crippen LogP contribution in [0.15, 0.2) is 103 Å². The summed E-state index contributed by atoms with van der Waals surface area (Å²) >= 11 is 0.885. The number of primary amides is 1. The first kappa shape index (κ1) is 87.6. The van der Waals surface area contributed by atoms with Crippen molar-refractivity contribution in [2.24, 2.45) is 29.0 Å². The second-order valence-corrected chi connectivity index (χ2v) is 29.2. The topological polar surface area (TPSA) is 549 Å². The van der Waals surface area contributed by atoms with Crippen LogP contribution < -0.4 is 86.3 Å². The van der Waals surface area contributed by atoms with Gasteiger partial charge in [-0.15, -0.1) is 11.8 Å². The summed E-state index contributed by atoms with van der Waals surface area (Å²) in [4.78, 5) is 206. The monoisotopic (exact) mass is 1570 g/mol. The van der Waals surface area contributed by atoms with Crippen LogP contribution in [0.1, 0.15) is 116 Å². The Labute approximate surface area is 652 Å². The number of aromatic amines is 2. The molecule has 0 spiro atoms. The molecule has 1 fully saturated rings. The molecule has 0 aliphatic carbocycles. The minimum absolute atomic E-state index is 0.00171. The van der Waals surface area contributed by atoms with Crippen LogP contribution in [-0.4, -0.2) is 202 Å². The molecule has 35 heteroatoms. The van der Waals surface area contributed by atoms with Crippen molar-refractivity contribution in [1.29, 1.82) is 5.41 Å². The second-order valence-electron chi connectivity index (χ2n) is 28.1. The predicted molar refractivity (Wildman–Crippen MR) is 422 cm³/mol. The van der Waals surface area contributed by atoms with Gasteiger partial charge in [0, 0.05) is 65.8 Å². The van der Waals surface area contributed by atoms with Crippen molar-refractivity contribution in [2.75, 3.05) is 37.7 Å². The number of fused-ring (bicyclic) bond motifs is 3. The Morgan fingerprint density at radius 3 is 1.57 bits per heavy atom. The van der Waals surface area contributed by atoms with Crippen molar-refractivity contribution in [3.8, 4) is 0 Å². The fourth-order valence-electron chi connectivity index (χ4n) is 12.7. The highest BCUT2D eigenvalue weighted by atomic mass is 32.2. The number of aromatic nitrogens is 2. The number of carboxylic acid groups (broad SMARTS) is 1. The molecule has 604 valence electrons. The Kier molecular flexibility index (Phi) is 34.2. The van der Waals surface area contributed by atoms with E-state index < -0.39 is 186 Å². The standard InChI is InChI=1S/C77H105N19O15S/c1-6-8-22-54-69(104)89-55(25-15-16-29-78)70(105)91-58(34-48-37-84-52-24-14-12-21-50(48)52)74(109)95-65(42(3)4)76(111)94-60(67(79)102)40-112-41-63(99)88-56(32-44-27-28-45-18-9-10-19-46(45)31-44)73(108)96-66(43(5)7-2)75(110)86-38-61(97)85-39-62(98)87-53(26-17-30-82-77(80)81)68(103)93-59(35-64(100)101)72(107)92-57(71(106)90-54)33-47-36-83-51-23-13-11-20-49(47)51/h9-14,18-21,23-24,27-28,31,36-37,42-43,53-60,65-66,83-84H,6-8,15-17,22,25-26,29-30,32-35,38-41,78H2,1-5H3,(H2,79,102)(H,85,97)(H,86,110)(H,87,98)(H,88,99)(H,89,104)(H,90,106)(H,91,105)(H,92,107)(H,93,103)(H,94,111)(H,95,109)(H,96,108)(H,100,101)(H4,80,81,82)/t43-,53-,54-,55-,56+,57-,58-,59-,60-,65-,66-/m0/s1. The number of para-hydroxylation sites is 2. The number of nitrogens with two attached hydrogens (primary N) is 3. The Morgan fingerprint density at radius 1 is 0.518 bits per heavy atom. The molecule has 34 nitrogen and oxygen atoms in total. The van der Waals surface area contributed by atoms with Crippen LogP contribution in [0.25, 0.3) is 32.6 Å². The summed E-state index contributed by atoms with van der Waals surface area (Å²) in [6.45, 7) is 7.18. The third-order valence-corrected chi connectivity index (χ3v) is 20.2. The minimum atomic E-state index is -1.95. The van der Waals surface area contributed by atoms with Crippen molar-refractivity contribution in [3.63, 3.8) is 0 Å². The molecule has 13 amide bonds. The Balaban J connectivity index is 1.25. The first-order chi connectivity index (χ1) is 53.5. The number of aliphatic carboxylic acids is 1. The van der Waals surface area contributed by atoms with Crippen LogP contribution in [0.5, 0.6) is 0 Å². The first-order valence-electron chi connectivity index (χ1n) is 37.6. The van der Waals surface area contributed by atoms with E-state index in [-0.39, 0.29) is 70.2 Å². The summed E-state index contributed by atoms with van der Waals surface area (Å²) in [5.74, 6) is -15.8. The summed E-state index contributed by atoms with van der Waals surface area (Å²) < 4.78 is 0. The fraction of sp³-hybridized carbons (Fsp3) is 0.468. The Bertz CT molecular complexity index is 4340. The van der Waals surface area contributed by atoms with Crippen LogP contribution in [0.2, 0.25) is 0 Å². The van der Waals surface area contributed by atoms with Gasteiger partial charge in [-0.1, -0.05) is 133 Å². The van der Waals surface area contributed by atoms with E-state index in [0.717, 1.165) is 22.5 Å². The SMILES string of the molecule is CCCC[C@@H]1NC(=O)[C@H](Cc2c[nH]c3ccccc23)NC(=O)[C@H](CC(=O)O)NC(=O)[C@H](CCCNC(=N)N)NC(=O)CNC(=O)CNC(=O)[C@H]([C@@H](C)CC)NC(=O)[C@@H](Cc2ccc3ccccc3c2)NC(=O)CSC[C@@H](C(N)=O)NC(=O)[C@H](C(C)C)NC(=O)[C@H](Cc2c[nH]c3ccccc23)NC(=O)[C@H](CCCCN)NC1=O. The van der Waals surface area contributed by atoms with Gasteiger partial charge in [0.15, 0.2) is 5.96 Å². The van der Waals surface area contributed by atoms with Gasteiger partial charge in [-0.2, -0.15) is 0 Å². The van der Waals surface area contributed by atoms with E-state index in [1.807, 2.05) is 49.4 Å². The van der Waals surface area contributed by atoms with Crippen LogP contribution in [0, 0.1) is 17.2 Å². The quantitative estimate of drug-likeness (QED) is 0.0226. The lowest BCUT2D eigenvalue weighted by Crippen LogP contribution is -2.61. The highest BCUT2D eigenvalue weighted by Gasteiger charge is 2.38. The van der Waals surface area contributed by atoms with Gasteiger partial charge >= 0.3 is 5.97 Å². The van der Waals surface area contributed by atoms with Crippen molar-refractivity contribution < 1.29 is 72.2 Å². The summed E-state index contributed by atoms with van der Waals surface area (Å²) in [5, 5.41) is 55.0. The zero-order valence-corrected chi connectivity index (χ0v) is 64.3. The van der Waals surface area contributed by atoms with Crippen molar-refractivity contribution in [3.05, 3.63) is 120 Å². The molecule has 0 bridgehead atoms. The highest BCUT2D eigenvalue weighted by Crippen LogP contribution is 2.23. The van der Waals surface area contributed by atoms with Gasteiger partial charge in [-0.05, 0) is 96.5 Å². The second kappa shape index (κ2) is 43.7. The number of nitrogens with one attached hydrogen (secondary N) is 16. The van der Waals surface area contributed by atoms with E-state index in [1.165, 1.54) is 0 Å². The largest absolute Gasteiger partial charge is 0.481 e. The summed E-state index contributed by atoms with van der Waals surface area (Å²) in [6, 6.07) is 12.2. The number of guanidine groups is 1. The van der Waals surface area contributed by atoms with E-state index in [9.17, 15) is 57.8 Å². The molecule has 0 radical (unpaired) electrons. The number of H-pyrrole nitrogens is 2. The van der Waals surface area contributed by atoms with Crippen LogP contribution in [0.4, 0.5) is 0 Å². The lowest BCUT2D eigenvalue weighted by molar-refractivity contribution is -0.141. The van der Waals surface area contributed by atoms with Crippen molar-refractivity contribution in [1.82, 2.24) is 79.1 Å². The summed E-state index contributed by atoms with van der Waals surface area (Å²) in [5.41, 5.74) is 20.4. The number of carboxylic acids is 1. The number of unbranched alkanes of at least 4 members (excludes halogenated alkanes) is 2. The highest BCUT2D eigenvalue weighted by molar-refractivity contribution is 8.00. The third-order valence-electron chi connectivity index (χ3n) is 19.2. The maximum absolute atomic E-state index is 15.1. The van der Waals surface area contributed by atoms with Crippen molar-refractivity contribution in [2.45, 2.75) is 179 Å². The van der Waals surface area contributed by atoms with E-state index in [2.05, 4.69) is 79.1 Å². The van der Waals surface area contributed by atoms with Gasteiger partial charge in [0.25, 0.3) is 0 Å². The van der Waals surface area contributed by atoms with Gasteiger partial charge in [0.2, 0.25) is 76.8 Å². The molecule has 6 aromatic rings. The number of hydrogen-bond acceptors (Lipinski definition) is 17. The van der Waals surface area contributed by atoms with E-state index in [1.54, 1.807) is 88.6 Å². The predicted octanol–water partition coefficient (Wildman–Crippen LogP) is -0.0979. The number of benzene rings is 4. The number of carbonyl (C=O) groups excluding carboxylic acids is 13. The molecule has 0 unspecified atom stereocenters. The average Bonchev–Trinajstić information content (AvgIpc) is 1.59. The summed E-state index contributed by atoms with van der Waals surface area (Å²) in [7, 11) is 0. The molecule has 2 aromatic heterocycles. The average molecular weight is 1570 g/mol. The molecule has 23 N–H and O–H groups in total. The van der Waals surface area contributed by atoms with Crippen LogP contribution in [0.3, 0.4) is 0 Å². The lowest BCUT2D eigenvalue weighted by atomic mass is 9.96. The molecular formula is C77H105N19O15S. The normalized spacial score (nSPS) is 22.5. The maximum Gasteiger partial charge on any atom is 0.305 e. The zero-order chi connectivity index (χ0) is 81.6. The van der Waals surface area contributed by atoms with Gasteiger partial charge < -0.3 is 101 Å². The fourth-order valence-corrected chi connectivity index (χ4v) is 13.6. The smallest absolute Gasteiger partial charge is 0.305 e.